The summed E-state index contributed by atoms with van der Waals surface area (Å²) in [5.74, 6) is 0.516. The molecule has 1 fully saturated rings. The molecule has 0 spiro atoms. The summed E-state index contributed by atoms with van der Waals surface area (Å²) in [6.45, 7) is 5.52. The van der Waals surface area contributed by atoms with Gasteiger partial charge in [-0.3, -0.25) is 0 Å². The van der Waals surface area contributed by atoms with Crippen molar-refractivity contribution in [2.75, 3.05) is 11.4 Å². The second-order valence-electron chi connectivity index (χ2n) is 4.82. The molecule has 1 saturated heterocycles. The zero-order valence-electron chi connectivity index (χ0n) is 10.2. The molecule has 1 heterocycles. The van der Waals surface area contributed by atoms with Crippen molar-refractivity contribution in [1.82, 2.24) is 0 Å². The summed E-state index contributed by atoms with van der Waals surface area (Å²) in [5.41, 5.74) is 7.38. The Hall–Kier alpha value is -0.0600. The molecule has 0 aromatic heterocycles. The highest BCUT2D eigenvalue weighted by Crippen LogP contribution is 2.38. The fourth-order valence-corrected chi connectivity index (χ4v) is 3.93. The van der Waals surface area contributed by atoms with Gasteiger partial charge in [-0.15, -0.1) is 0 Å². The van der Waals surface area contributed by atoms with Crippen LogP contribution in [0.1, 0.15) is 20.3 Å². The molecule has 1 aromatic carbocycles. The minimum Gasteiger partial charge on any atom is -0.367 e. The van der Waals surface area contributed by atoms with Crippen LogP contribution in [0.2, 0.25) is 0 Å². The van der Waals surface area contributed by atoms with E-state index in [9.17, 15) is 0 Å². The number of anilines is 1. The minimum atomic E-state index is 0.322. The lowest BCUT2D eigenvalue weighted by Crippen LogP contribution is -2.52. The molecular formula is C13H18Br2N2. The van der Waals surface area contributed by atoms with Crippen LogP contribution in [0.4, 0.5) is 5.69 Å². The Bertz CT molecular complexity index is 388. The first-order valence-electron chi connectivity index (χ1n) is 5.98. The SMILES string of the molecule is CC1C(N)CCN(c2c(Br)cccc2Br)C1C. The minimum absolute atomic E-state index is 0.322. The van der Waals surface area contributed by atoms with Gasteiger partial charge in [-0.25, -0.2) is 0 Å². The van der Waals surface area contributed by atoms with Crippen molar-refractivity contribution in [2.24, 2.45) is 11.7 Å². The summed E-state index contributed by atoms with van der Waals surface area (Å²) in [6, 6.07) is 7.01. The molecule has 94 valence electrons. The van der Waals surface area contributed by atoms with E-state index in [2.05, 4.69) is 62.7 Å². The van der Waals surface area contributed by atoms with Gasteiger partial charge in [0.1, 0.15) is 0 Å². The highest BCUT2D eigenvalue weighted by atomic mass is 79.9. The van der Waals surface area contributed by atoms with Crippen molar-refractivity contribution < 1.29 is 0 Å². The maximum Gasteiger partial charge on any atom is 0.0657 e. The van der Waals surface area contributed by atoms with Gasteiger partial charge < -0.3 is 10.6 Å². The molecule has 0 saturated carbocycles. The molecule has 0 aliphatic carbocycles. The lowest BCUT2D eigenvalue weighted by atomic mass is 9.87. The molecule has 1 aliphatic rings. The van der Waals surface area contributed by atoms with E-state index in [0.29, 0.717) is 18.0 Å². The third-order valence-corrected chi connectivity index (χ3v) is 5.14. The van der Waals surface area contributed by atoms with E-state index in [1.54, 1.807) is 0 Å². The third kappa shape index (κ3) is 2.54. The Morgan fingerprint density at radius 2 is 1.82 bits per heavy atom. The van der Waals surface area contributed by atoms with Crippen molar-refractivity contribution in [2.45, 2.75) is 32.4 Å². The molecule has 1 aliphatic heterocycles. The first kappa shape index (κ1) is 13.4. The average molecular weight is 362 g/mol. The third-order valence-electron chi connectivity index (χ3n) is 3.86. The number of hydrogen-bond donors (Lipinski definition) is 1. The van der Waals surface area contributed by atoms with Gasteiger partial charge >= 0.3 is 0 Å². The molecule has 17 heavy (non-hydrogen) atoms. The van der Waals surface area contributed by atoms with Gasteiger partial charge in [-0.1, -0.05) is 13.0 Å². The average Bonchev–Trinajstić information content (AvgIpc) is 2.29. The zero-order valence-corrected chi connectivity index (χ0v) is 13.3. The predicted molar refractivity (Wildman–Crippen MR) is 80.4 cm³/mol. The van der Waals surface area contributed by atoms with Crippen LogP contribution in [0.15, 0.2) is 27.1 Å². The fourth-order valence-electron chi connectivity index (χ4n) is 2.48. The standard InChI is InChI=1S/C13H18Br2N2/c1-8-9(2)17(7-6-12(8)16)13-10(14)4-3-5-11(13)15/h3-5,8-9,12H,6-7,16H2,1-2H3. The highest BCUT2D eigenvalue weighted by molar-refractivity contribution is 9.11. The first-order chi connectivity index (χ1) is 8.02. The zero-order chi connectivity index (χ0) is 12.6. The number of rotatable bonds is 1. The summed E-state index contributed by atoms with van der Waals surface area (Å²) in [6.07, 6.45) is 1.05. The van der Waals surface area contributed by atoms with E-state index in [-0.39, 0.29) is 0 Å². The van der Waals surface area contributed by atoms with E-state index in [1.165, 1.54) is 5.69 Å². The predicted octanol–water partition coefficient (Wildman–Crippen LogP) is 3.77. The van der Waals surface area contributed by atoms with Crippen molar-refractivity contribution in [3.05, 3.63) is 27.1 Å². The summed E-state index contributed by atoms with van der Waals surface area (Å²) in [4.78, 5) is 2.45. The van der Waals surface area contributed by atoms with Crippen LogP contribution in [0.5, 0.6) is 0 Å². The molecule has 2 N–H and O–H groups in total. The second-order valence-corrected chi connectivity index (χ2v) is 6.52. The van der Waals surface area contributed by atoms with E-state index < -0.39 is 0 Å². The lowest BCUT2D eigenvalue weighted by molar-refractivity contribution is 0.315. The number of nitrogens with zero attached hydrogens (tertiary/aromatic N) is 1. The van der Waals surface area contributed by atoms with Crippen LogP contribution in [0, 0.1) is 5.92 Å². The van der Waals surface area contributed by atoms with Crippen molar-refractivity contribution in [3.8, 4) is 0 Å². The maximum atomic E-state index is 6.13. The van der Waals surface area contributed by atoms with Crippen molar-refractivity contribution >= 4 is 37.5 Å². The Labute approximate surface area is 120 Å². The molecule has 3 atom stereocenters. The molecule has 2 rings (SSSR count). The summed E-state index contributed by atoms with van der Waals surface area (Å²) < 4.78 is 2.28. The summed E-state index contributed by atoms with van der Waals surface area (Å²) >= 11 is 7.28. The fraction of sp³-hybridized carbons (Fsp3) is 0.538. The molecule has 0 amide bonds. The van der Waals surface area contributed by atoms with Gasteiger partial charge in [0.15, 0.2) is 0 Å². The van der Waals surface area contributed by atoms with E-state index in [1.807, 2.05) is 6.07 Å². The van der Waals surface area contributed by atoms with Crippen LogP contribution < -0.4 is 10.6 Å². The highest BCUT2D eigenvalue weighted by Gasteiger charge is 2.31. The van der Waals surface area contributed by atoms with Crippen LogP contribution in [-0.2, 0) is 0 Å². The monoisotopic (exact) mass is 360 g/mol. The molecular weight excluding hydrogens is 344 g/mol. The number of para-hydroxylation sites is 1. The van der Waals surface area contributed by atoms with Crippen LogP contribution in [-0.4, -0.2) is 18.6 Å². The summed E-state index contributed by atoms with van der Waals surface area (Å²) in [7, 11) is 0. The van der Waals surface area contributed by atoms with Gasteiger partial charge in [-0.2, -0.15) is 0 Å². The van der Waals surface area contributed by atoms with Crippen LogP contribution in [0.3, 0.4) is 0 Å². The molecule has 0 radical (unpaired) electrons. The van der Waals surface area contributed by atoms with Crippen molar-refractivity contribution in [3.63, 3.8) is 0 Å². The van der Waals surface area contributed by atoms with E-state index in [4.69, 9.17) is 5.73 Å². The first-order valence-corrected chi connectivity index (χ1v) is 7.57. The van der Waals surface area contributed by atoms with Gasteiger partial charge in [0, 0.05) is 27.6 Å². The number of hydrogen-bond acceptors (Lipinski definition) is 2. The second kappa shape index (κ2) is 5.29. The number of benzene rings is 1. The Balaban J connectivity index is 2.34. The molecule has 3 unspecified atom stereocenters. The molecule has 1 aromatic rings. The quantitative estimate of drug-likeness (QED) is 0.824. The van der Waals surface area contributed by atoms with E-state index >= 15 is 0 Å². The normalized spacial score (nSPS) is 29.5. The molecule has 2 nitrogen and oxygen atoms in total. The van der Waals surface area contributed by atoms with Gasteiger partial charge in [0.2, 0.25) is 0 Å². The summed E-state index contributed by atoms with van der Waals surface area (Å²) in [5, 5.41) is 0. The number of piperidine rings is 1. The van der Waals surface area contributed by atoms with Gasteiger partial charge in [0.25, 0.3) is 0 Å². The molecule has 0 bridgehead atoms. The van der Waals surface area contributed by atoms with E-state index in [0.717, 1.165) is 21.9 Å². The Morgan fingerprint density at radius 3 is 2.41 bits per heavy atom. The lowest BCUT2D eigenvalue weighted by Gasteiger charge is -2.43. The topological polar surface area (TPSA) is 29.3 Å². The Kier molecular flexibility index (Phi) is 4.16. The smallest absolute Gasteiger partial charge is 0.0657 e. The van der Waals surface area contributed by atoms with Crippen molar-refractivity contribution in [1.29, 1.82) is 0 Å². The molecule has 4 heteroatoms. The maximum absolute atomic E-state index is 6.13. The number of nitrogens with two attached hydrogens (primary N) is 1. The van der Waals surface area contributed by atoms with Gasteiger partial charge in [-0.05, 0) is 63.3 Å². The number of halogens is 2. The van der Waals surface area contributed by atoms with Crippen LogP contribution in [0.25, 0.3) is 0 Å². The largest absolute Gasteiger partial charge is 0.367 e. The van der Waals surface area contributed by atoms with Crippen LogP contribution >= 0.6 is 31.9 Å². The Morgan fingerprint density at radius 1 is 1.24 bits per heavy atom. The van der Waals surface area contributed by atoms with Gasteiger partial charge in [0.05, 0.1) is 5.69 Å².